The fraction of sp³-hybridized carbons (Fsp3) is 0.238. The maximum absolute atomic E-state index is 12.8. The fourth-order valence-corrected chi connectivity index (χ4v) is 4.85. The molecule has 2 aromatic carbocycles. The number of benzene rings is 2. The van der Waals surface area contributed by atoms with Crippen LogP contribution in [-0.4, -0.2) is 25.8 Å². The number of aromatic amines is 1. The molecule has 0 bridgehead atoms. The van der Waals surface area contributed by atoms with Crippen molar-refractivity contribution in [3.63, 3.8) is 0 Å². The van der Waals surface area contributed by atoms with Crippen LogP contribution in [0.5, 0.6) is 0 Å². The summed E-state index contributed by atoms with van der Waals surface area (Å²) in [6.07, 6.45) is 2.67. The number of aryl methyl sites for hydroxylation is 4. The molecule has 1 unspecified atom stereocenters. The first-order valence-electron chi connectivity index (χ1n) is 9.15. The molecule has 3 N–H and O–H groups in total. The zero-order valence-corrected chi connectivity index (χ0v) is 15.1. The fourth-order valence-electron chi connectivity index (χ4n) is 4.85. The normalized spacial score (nSPS) is 17.9. The summed E-state index contributed by atoms with van der Waals surface area (Å²) < 4.78 is 1.81. The van der Waals surface area contributed by atoms with E-state index in [2.05, 4.69) is 33.6 Å². The van der Waals surface area contributed by atoms with E-state index in [1.165, 1.54) is 0 Å². The van der Waals surface area contributed by atoms with Gasteiger partial charge in [0, 0.05) is 40.7 Å². The zero-order valence-electron chi connectivity index (χ0n) is 15.1. The van der Waals surface area contributed by atoms with E-state index in [0.29, 0.717) is 11.1 Å². The molecule has 6 nitrogen and oxygen atoms in total. The largest absolute Gasteiger partial charge is 0.369 e. The minimum absolute atomic E-state index is 0.219. The molecule has 4 aromatic rings. The maximum atomic E-state index is 12.8. The Morgan fingerprint density at radius 1 is 1.26 bits per heavy atom. The number of H-pyrrole nitrogens is 1. The number of aromatic nitrogens is 3. The van der Waals surface area contributed by atoms with E-state index >= 15 is 0 Å². The molecule has 1 atom stereocenters. The summed E-state index contributed by atoms with van der Waals surface area (Å²) in [5, 5.41) is 19.9. The van der Waals surface area contributed by atoms with E-state index in [4.69, 9.17) is 0 Å². The van der Waals surface area contributed by atoms with E-state index in [1.54, 1.807) is 0 Å². The SMILES string of the molecule is Cc1ccc2[nH]c3c4c(c5c(c3c2c1)C(=O)NC5O)-c1cn(C)nc1CC4. The number of rotatable bonds is 0. The summed E-state index contributed by atoms with van der Waals surface area (Å²) in [4.78, 5) is 16.4. The van der Waals surface area contributed by atoms with Gasteiger partial charge in [0.25, 0.3) is 5.91 Å². The van der Waals surface area contributed by atoms with Crippen molar-refractivity contribution in [2.24, 2.45) is 7.05 Å². The Labute approximate surface area is 154 Å². The van der Waals surface area contributed by atoms with Crippen LogP contribution in [0.15, 0.2) is 24.4 Å². The molecule has 1 amide bonds. The van der Waals surface area contributed by atoms with E-state index < -0.39 is 6.23 Å². The van der Waals surface area contributed by atoms with Gasteiger partial charge in [-0.2, -0.15) is 5.10 Å². The summed E-state index contributed by atoms with van der Waals surface area (Å²) >= 11 is 0. The highest BCUT2D eigenvalue weighted by Gasteiger charge is 2.38. The molecule has 2 aliphatic rings. The molecule has 0 spiro atoms. The number of amides is 1. The number of hydrogen-bond donors (Lipinski definition) is 3. The van der Waals surface area contributed by atoms with Gasteiger partial charge in [0.1, 0.15) is 0 Å². The first-order chi connectivity index (χ1) is 13.0. The highest BCUT2D eigenvalue weighted by Crippen LogP contribution is 2.47. The third kappa shape index (κ3) is 1.78. The monoisotopic (exact) mass is 358 g/mol. The van der Waals surface area contributed by atoms with Crippen molar-refractivity contribution in [1.29, 1.82) is 0 Å². The molecule has 0 fully saturated rings. The molecule has 0 saturated heterocycles. The Bertz CT molecular complexity index is 1310. The van der Waals surface area contributed by atoms with Crippen LogP contribution in [0.2, 0.25) is 0 Å². The van der Waals surface area contributed by atoms with Gasteiger partial charge in [-0.05, 0) is 43.0 Å². The third-order valence-electron chi connectivity index (χ3n) is 5.90. The molecular formula is C21H18N4O2. The highest BCUT2D eigenvalue weighted by atomic mass is 16.3. The van der Waals surface area contributed by atoms with E-state index in [0.717, 1.165) is 62.6 Å². The lowest BCUT2D eigenvalue weighted by Gasteiger charge is -2.21. The average Bonchev–Trinajstić information content (AvgIpc) is 3.27. The highest BCUT2D eigenvalue weighted by molar-refractivity contribution is 6.22. The molecule has 134 valence electrons. The second-order valence-corrected chi connectivity index (χ2v) is 7.61. The Hall–Kier alpha value is -3.12. The summed E-state index contributed by atoms with van der Waals surface area (Å²) in [5.74, 6) is -0.219. The van der Waals surface area contributed by atoms with Crippen molar-refractivity contribution in [3.8, 4) is 11.1 Å². The van der Waals surface area contributed by atoms with Gasteiger partial charge in [0.15, 0.2) is 6.23 Å². The van der Waals surface area contributed by atoms with Crippen LogP contribution in [0.1, 0.15) is 39.0 Å². The van der Waals surface area contributed by atoms with Gasteiger partial charge in [-0.15, -0.1) is 0 Å². The van der Waals surface area contributed by atoms with Crippen molar-refractivity contribution in [2.45, 2.75) is 26.0 Å². The Morgan fingerprint density at radius 2 is 2.11 bits per heavy atom. The second kappa shape index (κ2) is 4.78. The van der Waals surface area contributed by atoms with Crippen LogP contribution < -0.4 is 5.32 Å². The summed E-state index contributed by atoms with van der Waals surface area (Å²) in [5.41, 5.74) is 8.59. The molecule has 1 aliphatic heterocycles. The molecular weight excluding hydrogens is 340 g/mol. The van der Waals surface area contributed by atoms with Crippen molar-refractivity contribution >= 4 is 27.7 Å². The predicted molar refractivity (Wildman–Crippen MR) is 103 cm³/mol. The number of hydrogen-bond acceptors (Lipinski definition) is 3. The lowest BCUT2D eigenvalue weighted by molar-refractivity contribution is 0.0852. The van der Waals surface area contributed by atoms with Crippen LogP contribution in [-0.2, 0) is 19.9 Å². The lowest BCUT2D eigenvalue weighted by atomic mass is 9.82. The zero-order chi connectivity index (χ0) is 18.4. The minimum atomic E-state index is -0.994. The van der Waals surface area contributed by atoms with Crippen molar-refractivity contribution in [3.05, 3.63) is 52.3 Å². The number of fused-ring (bicyclic) bond motifs is 10. The number of aliphatic hydroxyl groups is 1. The number of carbonyl (C=O) groups excluding carboxylic acids is 1. The minimum Gasteiger partial charge on any atom is -0.369 e. The van der Waals surface area contributed by atoms with Gasteiger partial charge in [-0.3, -0.25) is 9.48 Å². The van der Waals surface area contributed by atoms with Crippen LogP contribution in [0.4, 0.5) is 0 Å². The molecule has 2 aromatic heterocycles. The molecule has 6 rings (SSSR count). The quantitative estimate of drug-likeness (QED) is 0.452. The third-order valence-corrected chi connectivity index (χ3v) is 5.90. The van der Waals surface area contributed by atoms with Crippen molar-refractivity contribution in [1.82, 2.24) is 20.1 Å². The van der Waals surface area contributed by atoms with Crippen molar-refractivity contribution < 1.29 is 9.90 Å². The Morgan fingerprint density at radius 3 is 2.96 bits per heavy atom. The van der Waals surface area contributed by atoms with Gasteiger partial charge in [-0.1, -0.05) is 11.6 Å². The Balaban J connectivity index is 1.87. The summed E-state index contributed by atoms with van der Waals surface area (Å²) in [6, 6.07) is 6.24. The molecule has 0 saturated carbocycles. The van der Waals surface area contributed by atoms with Crippen LogP contribution in [0.25, 0.3) is 32.9 Å². The second-order valence-electron chi connectivity index (χ2n) is 7.61. The Kier molecular flexibility index (Phi) is 2.65. The predicted octanol–water partition coefficient (Wildman–Crippen LogP) is 2.86. The van der Waals surface area contributed by atoms with E-state index in [1.807, 2.05) is 24.9 Å². The topological polar surface area (TPSA) is 82.9 Å². The molecule has 0 radical (unpaired) electrons. The van der Waals surface area contributed by atoms with Gasteiger partial charge >= 0.3 is 0 Å². The molecule has 6 heteroatoms. The smallest absolute Gasteiger partial charge is 0.254 e. The standard InChI is InChI=1S/C21H18N4O2/c1-9-3-5-13-11(7-9)16-18-17(20(26)23-21(18)27)15-10(19(16)22-13)4-6-14-12(15)8-25(2)24-14/h3,5,7-8,20,22,26H,4,6H2,1-2H3,(H,23,27). The van der Waals surface area contributed by atoms with Crippen LogP contribution in [0, 0.1) is 6.92 Å². The molecule has 3 heterocycles. The van der Waals surface area contributed by atoms with Gasteiger partial charge in [0.05, 0.1) is 16.8 Å². The number of nitrogens with zero attached hydrogens (tertiary/aromatic N) is 2. The summed E-state index contributed by atoms with van der Waals surface area (Å²) in [6.45, 7) is 2.05. The van der Waals surface area contributed by atoms with Crippen LogP contribution >= 0.6 is 0 Å². The molecule has 27 heavy (non-hydrogen) atoms. The number of aliphatic hydroxyl groups excluding tert-OH is 1. The lowest BCUT2D eigenvalue weighted by Crippen LogP contribution is -2.18. The van der Waals surface area contributed by atoms with Crippen LogP contribution in [0.3, 0.4) is 0 Å². The first kappa shape index (κ1) is 15.0. The first-order valence-corrected chi connectivity index (χ1v) is 9.15. The van der Waals surface area contributed by atoms with E-state index in [-0.39, 0.29) is 5.91 Å². The van der Waals surface area contributed by atoms with Gasteiger partial charge in [0.2, 0.25) is 0 Å². The van der Waals surface area contributed by atoms with Crippen molar-refractivity contribution in [2.75, 3.05) is 0 Å². The number of carbonyl (C=O) groups is 1. The summed E-state index contributed by atoms with van der Waals surface area (Å²) in [7, 11) is 1.91. The van der Waals surface area contributed by atoms with Gasteiger partial charge < -0.3 is 15.4 Å². The van der Waals surface area contributed by atoms with Gasteiger partial charge in [-0.25, -0.2) is 0 Å². The number of nitrogens with one attached hydrogen (secondary N) is 2. The van der Waals surface area contributed by atoms with E-state index in [9.17, 15) is 9.90 Å². The maximum Gasteiger partial charge on any atom is 0.254 e. The molecule has 1 aliphatic carbocycles. The average molecular weight is 358 g/mol.